The summed E-state index contributed by atoms with van der Waals surface area (Å²) >= 11 is 1.63. The largest absolute Gasteiger partial charge is 0.484 e. The van der Waals surface area contributed by atoms with Crippen LogP contribution in [0, 0.1) is 5.82 Å². The lowest BCUT2D eigenvalue weighted by Crippen LogP contribution is -2.20. The number of nitrogens with zero attached hydrogens (tertiary/aromatic N) is 2. The Morgan fingerprint density at radius 3 is 2.56 bits per heavy atom. The Kier molecular flexibility index (Phi) is 5.30. The highest BCUT2D eigenvalue weighted by atomic mass is 32.2. The summed E-state index contributed by atoms with van der Waals surface area (Å²) in [7, 11) is 0. The number of halogens is 1. The molecule has 8 heteroatoms. The molecule has 1 aromatic heterocycles. The average molecular weight is 359 g/mol. The van der Waals surface area contributed by atoms with Crippen LogP contribution in [0.3, 0.4) is 0 Å². The maximum atomic E-state index is 12.8. The Balaban J connectivity index is 1.56. The number of carbonyl (C=O) groups is 1. The van der Waals surface area contributed by atoms with E-state index in [1.165, 1.54) is 24.3 Å². The van der Waals surface area contributed by atoms with Crippen molar-refractivity contribution >= 4 is 23.7 Å². The number of nitrogens with one attached hydrogen (secondary N) is 1. The Bertz CT molecular complexity index is 850. The summed E-state index contributed by atoms with van der Waals surface area (Å²) in [5.74, 6) is -0.142. The second-order valence-electron chi connectivity index (χ2n) is 4.93. The molecule has 0 unspecified atom stereocenters. The van der Waals surface area contributed by atoms with Gasteiger partial charge < -0.3 is 9.15 Å². The van der Waals surface area contributed by atoms with Gasteiger partial charge in [0, 0.05) is 10.5 Å². The molecule has 0 atom stereocenters. The van der Waals surface area contributed by atoms with E-state index in [1.807, 2.05) is 30.5 Å². The highest BCUT2D eigenvalue weighted by molar-refractivity contribution is 7.98. The van der Waals surface area contributed by atoms with Crippen molar-refractivity contribution in [3.63, 3.8) is 0 Å². The molecule has 0 radical (unpaired) electrons. The van der Waals surface area contributed by atoms with Crippen LogP contribution in [0.5, 0.6) is 5.75 Å². The van der Waals surface area contributed by atoms with E-state index in [1.54, 1.807) is 11.8 Å². The molecule has 1 amide bonds. The summed E-state index contributed by atoms with van der Waals surface area (Å²) in [6.45, 7) is -0.258. The van der Waals surface area contributed by atoms with Gasteiger partial charge in [-0.1, -0.05) is 5.10 Å². The molecule has 1 heterocycles. The molecular weight excluding hydrogens is 345 g/mol. The molecule has 128 valence electrons. The van der Waals surface area contributed by atoms with Crippen LogP contribution >= 0.6 is 11.8 Å². The third kappa shape index (κ3) is 4.57. The van der Waals surface area contributed by atoms with Gasteiger partial charge in [0.1, 0.15) is 11.6 Å². The van der Waals surface area contributed by atoms with Gasteiger partial charge in [-0.05, 0) is 54.8 Å². The zero-order valence-electron chi connectivity index (χ0n) is 13.2. The van der Waals surface area contributed by atoms with E-state index < -0.39 is 5.91 Å². The first kappa shape index (κ1) is 17.0. The van der Waals surface area contributed by atoms with Gasteiger partial charge in [-0.2, -0.15) is 0 Å². The number of ether oxygens (including phenoxy) is 1. The molecular formula is C17H14FN3O3S. The van der Waals surface area contributed by atoms with Crippen LogP contribution in [0.1, 0.15) is 0 Å². The van der Waals surface area contributed by atoms with E-state index in [0.717, 1.165) is 10.5 Å². The normalized spacial score (nSPS) is 10.5. The lowest BCUT2D eigenvalue weighted by atomic mass is 10.2. The predicted molar refractivity (Wildman–Crippen MR) is 92.0 cm³/mol. The highest BCUT2D eigenvalue weighted by Crippen LogP contribution is 2.23. The number of thioether (sulfide) groups is 1. The van der Waals surface area contributed by atoms with Crippen molar-refractivity contribution < 1.29 is 18.3 Å². The van der Waals surface area contributed by atoms with Crippen LogP contribution in [-0.4, -0.2) is 29.0 Å². The number of anilines is 1. The van der Waals surface area contributed by atoms with Crippen molar-refractivity contribution in [2.45, 2.75) is 4.90 Å². The van der Waals surface area contributed by atoms with Crippen molar-refractivity contribution in [3.8, 4) is 17.2 Å². The lowest BCUT2D eigenvalue weighted by Gasteiger charge is -2.04. The van der Waals surface area contributed by atoms with E-state index in [4.69, 9.17) is 9.15 Å². The SMILES string of the molecule is CSc1ccc(-c2nnc(NC(=O)COc3ccc(F)cc3)o2)cc1. The minimum Gasteiger partial charge on any atom is -0.484 e. The smallest absolute Gasteiger partial charge is 0.322 e. The molecule has 0 aliphatic carbocycles. The molecule has 0 saturated carbocycles. The van der Waals surface area contributed by atoms with Crippen molar-refractivity contribution in [1.82, 2.24) is 10.2 Å². The Morgan fingerprint density at radius 1 is 1.16 bits per heavy atom. The summed E-state index contributed by atoms with van der Waals surface area (Å²) < 4.78 is 23.5. The second kappa shape index (κ2) is 7.80. The van der Waals surface area contributed by atoms with Crippen LogP contribution in [0.25, 0.3) is 11.5 Å². The number of benzene rings is 2. The highest BCUT2D eigenvalue weighted by Gasteiger charge is 2.12. The minimum atomic E-state index is -0.461. The number of carbonyl (C=O) groups excluding carboxylic acids is 1. The fourth-order valence-electron chi connectivity index (χ4n) is 1.96. The summed E-state index contributed by atoms with van der Waals surface area (Å²) in [6, 6.07) is 13.0. The Morgan fingerprint density at radius 2 is 1.88 bits per heavy atom. The third-order valence-electron chi connectivity index (χ3n) is 3.19. The molecule has 0 aliphatic heterocycles. The van der Waals surface area contributed by atoms with E-state index >= 15 is 0 Å². The summed E-state index contributed by atoms with van der Waals surface area (Å²) in [6.07, 6.45) is 1.99. The van der Waals surface area contributed by atoms with Crippen molar-refractivity contribution in [2.24, 2.45) is 0 Å². The van der Waals surface area contributed by atoms with Gasteiger partial charge in [-0.15, -0.1) is 16.9 Å². The van der Waals surface area contributed by atoms with Gasteiger partial charge in [0.25, 0.3) is 5.91 Å². The van der Waals surface area contributed by atoms with Gasteiger partial charge in [0.05, 0.1) is 0 Å². The predicted octanol–water partition coefficient (Wildman–Crippen LogP) is 3.62. The average Bonchev–Trinajstić information content (AvgIpc) is 3.10. The molecule has 3 rings (SSSR count). The quantitative estimate of drug-likeness (QED) is 0.678. The van der Waals surface area contributed by atoms with E-state index in [0.29, 0.717) is 11.6 Å². The molecule has 0 spiro atoms. The van der Waals surface area contributed by atoms with Crippen LogP contribution in [0.15, 0.2) is 57.8 Å². The zero-order chi connectivity index (χ0) is 17.6. The van der Waals surface area contributed by atoms with E-state index in [2.05, 4.69) is 15.5 Å². The second-order valence-corrected chi connectivity index (χ2v) is 5.81. The Hall–Kier alpha value is -2.87. The summed E-state index contributed by atoms with van der Waals surface area (Å²) in [5, 5.41) is 10.1. The van der Waals surface area contributed by atoms with Crippen LogP contribution < -0.4 is 10.1 Å². The standard InChI is InChI=1S/C17H14FN3O3S/c1-25-14-8-2-11(3-9-14)16-20-21-17(24-16)19-15(22)10-23-13-6-4-12(18)5-7-13/h2-9H,10H2,1H3,(H,19,21,22). The first-order valence-electron chi connectivity index (χ1n) is 7.30. The first-order valence-corrected chi connectivity index (χ1v) is 8.52. The number of hydrogen-bond donors (Lipinski definition) is 1. The molecule has 0 aliphatic rings. The van der Waals surface area contributed by atoms with Crippen LogP contribution in [-0.2, 0) is 4.79 Å². The molecule has 6 nitrogen and oxygen atoms in total. The fourth-order valence-corrected chi connectivity index (χ4v) is 2.37. The molecule has 2 aromatic carbocycles. The molecule has 0 fully saturated rings. The molecule has 0 saturated heterocycles. The minimum absolute atomic E-state index is 0.0170. The van der Waals surface area contributed by atoms with E-state index in [9.17, 15) is 9.18 Å². The van der Waals surface area contributed by atoms with Crippen molar-refractivity contribution in [2.75, 3.05) is 18.2 Å². The van der Waals surface area contributed by atoms with Crippen LogP contribution in [0.2, 0.25) is 0 Å². The van der Waals surface area contributed by atoms with Crippen LogP contribution in [0.4, 0.5) is 10.4 Å². The third-order valence-corrected chi connectivity index (χ3v) is 3.94. The van der Waals surface area contributed by atoms with Gasteiger partial charge in [-0.25, -0.2) is 4.39 Å². The first-order chi connectivity index (χ1) is 12.1. The number of aromatic nitrogens is 2. The zero-order valence-corrected chi connectivity index (χ0v) is 14.0. The lowest BCUT2D eigenvalue weighted by molar-refractivity contribution is -0.118. The van der Waals surface area contributed by atoms with Crippen molar-refractivity contribution in [3.05, 3.63) is 54.3 Å². The topological polar surface area (TPSA) is 77.2 Å². The fraction of sp³-hybridized carbons (Fsp3) is 0.118. The molecule has 0 bridgehead atoms. The maximum absolute atomic E-state index is 12.8. The maximum Gasteiger partial charge on any atom is 0.322 e. The number of amides is 1. The van der Waals surface area contributed by atoms with Gasteiger partial charge >= 0.3 is 6.01 Å². The van der Waals surface area contributed by atoms with Gasteiger partial charge in [0.2, 0.25) is 5.89 Å². The number of hydrogen-bond acceptors (Lipinski definition) is 6. The monoisotopic (exact) mass is 359 g/mol. The van der Waals surface area contributed by atoms with E-state index in [-0.39, 0.29) is 18.4 Å². The number of rotatable bonds is 6. The Labute approximate surface area is 147 Å². The molecule has 25 heavy (non-hydrogen) atoms. The van der Waals surface area contributed by atoms with Gasteiger partial charge in [0.15, 0.2) is 6.61 Å². The van der Waals surface area contributed by atoms with Crippen molar-refractivity contribution in [1.29, 1.82) is 0 Å². The summed E-state index contributed by atoms with van der Waals surface area (Å²) in [5.41, 5.74) is 0.758. The molecule has 1 N–H and O–H groups in total. The van der Waals surface area contributed by atoms with Gasteiger partial charge in [-0.3, -0.25) is 10.1 Å². The molecule has 3 aromatic rings. The summed E-state index contributed by atoms with van der Waals surface area (Å²) in [4.78, 5) is 13.0.